The van der Waals surface area contributed by atoms with Gasteiger partial charge >= 0.3 is 0 Å². The van der Waals surface area contributed by atoms with Gasteiger partial charge in [-0.3, -0.25) is 4.79 Å². The van der Waals surface area contributed by atoms with Gasteiger partial charge in [0.1, 0.15) is 0 Å². The molecule has 0 radical (unpaired) electrons. The summed E-state index contributed by atoms with van der Waals surface area (Å²) in [5, 5.41) is 25.7. The van der Waals surface area contributed by atoms with Crippen molar-refractivity contribution in [3.8, 4) is 0 Å². The van der Waals surface area contributed by atoms with E-state index in [2.05, 4.69) is 22.4 Å². The van der Waals surface area contributed by atoms with Crippen LogP contribution < -0.4 is 5.32 Å². The number of hydrogen-bond acceptors (Lipinski definition) is 6. The van der Waals surface area contributed by atoms with Gasteiger partial charge in [-0.25, -0.2) is 4.99 Å². The fourth-order valence-corrected chi connectivity index (χ4v) is 5.21. The highest BCUT2D eigenvalue weighted by Gasteiger charge is 2.37. The summed E-state index contributed by atoms with van der Waals surface area (Å²) in [5.41, 5.74) is 3.85. The number of piperidine rings is 1. The summed E-state index contributed by atoms with van der Waals surface area (Å²) >= 11 is 0. The van der Waals surface area contributed by atoms with Gasteiger partial charge in [0.2, 0.25) is 5.91 Å². The number of nitrogens with zero attached hydrogens (tertiary/aromatic N) is 3. The Morgan fingerprint density at radius 3 is 2.29 bits per heavy atom. The fraction of sp³-hybridized carbons (Fsp3) is 0.355. The highest BCUT2D eigenvalue weighted by molar-refractivity contribution is 5.76. The normalized spacial score (nSPS) is 18.2. The van der Waals surface area contributed by atoms with E-state index in [1.165, 1.54) is 5.56 Å². The summed E-state index contributed by atoms with van der Waals surface area (Å²) in [6, 6.07) is 26.2. The largest absolute Gasteiger partial charge is 0.388 e. The van der Waals surface area contributed by atoms with Gasteiger partial charge in [0.15, 0.2) is 6.23 Å². The molecule has 7 nitrogen and oxygen atoms in total. The lowest BCUT2D eigenvalue weighted by Gasteiger charge is -2.42. The molecule has 1 saturated heterocycles. The van der Waals surface area contributed by atoms with E-state index in [-0.39, 0.29) is 12.5 Å². The molecule has 0 saturated carbocycles. The molecule has 0 bridgehead atoms. The first-order chi connectivity index (χ1) is 18.5. The van der Waals surface area contributed by atoms with E-state index in [0.29, 0.717) is 32.4 Å². The van der Waals surface area contributed by atoms with Gasteiger partial charge in [0, 0.05) is 37.3 Å². The van der Waals surface area contributed by atoms with E-state index < -0.39 is 11.8 Å². The molecule has 1 unspecified atom stereocenters. The molecule has 0 aliphatic carbocycles. The number of rotatable bonds is 9. The number of amides is 1. The van der Waals surface area contributed by atoms with Crippen LogP contribution in [0.25, 0.3) is 0 Å². The zero-order valence-corrected chi connectivity index (χ0v) is 21.7. The molecule has 198 valence electrons. The van der Waals surface area contributed by atoms with Crippen molar-refractivity contribution in [2.45, 2.75) is 43.9 Å². The van der Waals surface area contributed by atoms with E-state index in [1.807, 2.05) is 71.6 Å². The third-order valence-electron chi connectivity index (χ3n) is 7.55. The number of anilines is 1. The van der Waals surface area contributed by atoms with Gasteiger partial charge in [-0.2, -0.15) is 0 Å². The van der Waals surface area contributed by atoms with Crippen LogP contribution in [0.2, 0.25) is 0 Å². The van der Waals surface area contributed by atoms with Crippen LogP contribution in [-0.4, -0.2) is 64.0 Å². The molecule has 1 atom stereocenters. The minimum absolute atomic E-state index is 0.123. The van der Waals surface area contributed by atoms with Crippen LogP contribution in [0.15, 0.2) is 83.9 Å². The number of nitrogens with one attached hydrogen (secondary N) is 1. The number of fused-ring (bicyclic) bond motifs is 1. The van der Waals surface area contributed by atoms with Crippen LogP contribution in [0.3, 0.4) is 0 Å². The average molecular weight is 513 g/mol. The molecular formula is C31H36N4O3. The standard InChI is InChI=1S/C31H36N4O3/c36-29(14-11-24-7-3-1-4-8-24)34-19-16-31(38,17-20-34)22-35-23-33-28-21-26(12-13-27(28)30(35)37)32-18-15-25-9-5-2-6-10-25/h1-10,12-13,21,23,30,32,37-38H,11,14-20,22H2. The molecule has 0 aromatic heterocycles. The number of aliphatic hydroxyl groups excluding tert-OH is 1. The maximum Gasteiger partial charge on any atom is 0.222 e. The Morgan fingerprint density at radius 2 is 1.61 bits per heavy atom. The highest BCUT2D eigenvalue weighted by atomic mass is 16.3. The van der Waals surface area contributed by atoms with Gasteiger partial charge in [-0.05, 0) is 48.9 Å². The summed E-state index contributed by atoms with van der Waals surface area (Å²) in [6.45, 7) is 2.10. The van der Waals surface area contributed by atoms with E-state index >= 15 is 0 Å². The number of β-amino-alcohol motifs (C(OH)–C–C–N with tert-alkyl or cyclic N) is 1. The van der Waals surface area contributed by atoms with Crippen LogP contribution in [0.1, 0.15) is 42.2 Å². The summed E-state index contributed by atoms with van der Waals surface area (Å²) in [7, 11) is 0. The Kier molecular flexibility index (Phi) is 8.05. The third kappa shape index (κ3) is 6.41. The number of aryl methyl sites for hydroxylation is 1. The number of likely N-dealkylation sites (tertiary alicyclic amines) is 1. The molecule has 3 N–H and O–H groups in total. The van der Waals surface area contributed by atoms with Gasteiger partial charge in [-0.15, -0.1) is 0 Å². The highest BCUT2D eigenvalue weighted by Crippen LogP contribution is 2.35. The molecule has 1 fully saturated rings. The van der Waals surface area contributed by atoms with Gasteiger partial charge in [0.25, 0.3) is 0 Å². The second kappa shape index (κ2) is 11.8. The average Bonchev–Trinajstić information content (AvgIpc) is 2.95. The summed E-state index contributed by atoms with van der Waals surface area (Å²) in [4.78, 5) is 20.8. The molecular weight excluding hydrogens is 476 g/mol. The van der Waals surface area contributed by atoms with E-state index in [1.54, 1.807) is 11.2 Å². The van der Waals surface area contributed by atoms with Gasteiger partial charge in [0.05, 0.1) is 24.2 Å². The fourth-order valence-electron chi connectivity index (χ4n) is 5.21. The first kappa shape index (κ1) is 25.9. The van der Waals surface area contributed by atoms with Crippen molar-refractivity contribution in [1.82, 2.24) is 9.80 Å². The minimum atomic E-state index is -0.986. The molecule has 1 amide bonds. The first-order valence-corrected chi connectivity index (χ1v) is 13.4. The minimum Gasteiger partial charge on any atom is -0.388 e. The predicted octanol–water partition coefficient (Wildman–Crippen LogP) is 4.29. The number of benzene rings is 3. The Labute approximate surface area is 224 Å². The lowest BCUT2D eigenvalue weighted by Crippen LogP contribution is -2.52. The monoisotopic (exact) mass is 512 g/mol. The zero-order chi connectivity index (χ0) is 26.4. The zero-order valence-electron chi connectivity index (χ0n) is 21.7. The second-order valence-electron chi connectivity index (χ2n) is 10.3. The quantitative estimate of drug-likeness (QED) is 0.398. The molecule has 2 aliphatic heterocycles. The van der Waals surface area contributed by atoms with Crippen LogP contribution >= 0.6 is 0 Å². The van der Waals surface area contributed by atoms with Crippen molar-refractivity contribution < 1.29 is 15.0 Å². The van der Waals surface area contributed by atoms with Crippen LogP contribution in [0, 0.1) is 0 Å². The summed E-state index contributed by atoms with van der Waals surface area (Å²) < 4.78 is 0. The van der Waals surface area contributed by atoms with Crippen molar-refractivity contribution in [3.63, 3.8) is 0 Å². The third-order valence-corrected chi connectivity index (χ3v) is 7.55. The second-order valence-corrected chi connectivity index (χ2v) is 10.3. The van der Waals surface area contributed by atoms with Crippen molar-refractivity contribution in [2.75, 3.05) is 31.5 Å². The molecule has 3 aromatic carbocycles. The van der Waals surface area contributed by atoms with E-state index in [9.17, 15) is 15.0 Å². The maximum absolute atomic E-state index is 12.7. The number of hydrogen-bond donors (Lipinski definition) is 3. The Balaban J connectivity index is 1.11. The van der Waals surface area contributed by atoms with E-state index in [0.717, 1.165) is 41.9 Å². The van der Waals surface area contributed by atoms with Crippen LogP contribution in [0.5, 0.6) is 0 Å². The molecule has 2 aliphatic rings. The van der Waals surface area contributed by atoms with E-state index in [4.69, 9.17) is 0 Å². The number of carbonyl (C=O) groups excluding carboxylic acids is 1. The Morgan fingerprint density at radius 1 is 0.947 bits per heavy atom. The van der Waals surface area contributed by atoms with Crippen molar-refractivity contribution in [2.24, 2.45) is 4.99 Å². The van der Waals surface area contributed by atoms with Gasteiger partial charge < -0.3 is 25.3 Å². The number of aliphatic hydroxyl groups is 2. The molecule has 0 spiro atoms. The van der Waals surface area contributed by atoms with Crippen LogP contribution in [0.4, 0.5) is 11.4 Å². The maximum atomic E-state index is 12.7. The summed E-state index contributed by atoms with van der Waals surface area (Å²) in [5.74, 6) is 0.123. The SMILES string of the molecule is O=C(CCc1ccccc1)N1CCC(O)(CN2C=Nc3cc(NCCc4ccccc4)ccc3C2O)CC1. The molecule has 38 heavy (non-hydrogen) atoms. The van der Waals surface area contributed by atoms with Crippen molar-refractivity contribution in [1.29, 1.82) is 0 Å². The van der Waals surface area contributed by atoms with Crippen molar-refractivity contribution >= 4 is 23.6 Å². The van der Waals surface area contributed by atoms with Gasteiger partial charge in [-0.1, -0.05) is 66.7 Å². The number of carbonyl (C=O) groups is 1. The van der Waals surface area contributed by atoms with Crippen LogP contribution in [-0.2, 0) is 17.6 Å². The lowest BCUT2D eigenvalue weighted by molar-refractivity contribution is -0.136. The smallest absolute Gasteiger partial charge is 0.222 e. The molecule has 5 rings (SSSR count). The lowest BCUT2D eigenvalue weighted by atomic mass is 9.90. The number of aliphatic imine (C=N–C) groups is 1. The molecule has 7 heteroatoms. The summed E-state index contributed by atoms with van der Waals surface area (Å²) in [6.07, 6.45) is 3.80. The molecule has 3 aromatic rings. The first-order valence-electron chi connectivity index (χ1n) is 13.4. The molecule has 2 heterocycles. The van der Waals surface area contributed by atoms with Crippen molar-refractivity contribution in [3.05, 3.63) is 95.6 Å². The Hall–Kier alpha value is -3.68. The Bertz CT molecular complexity index is 1240. The predicted molar refractivity (Wildman–Crippen MR) is 150 cm³/mol. The topological polar surface area (TPSA) is 88.4 Å².